The van der Waals surface area contributed by atoms with Crippen molar-refractivity contribution in [2.45, 2.75) is 19.8 Å². The number of carbonyl (C=O) groups excluding carboxylic acids is 1. The minimum Gasteiger partial charge on any atom is -0.368 e. The molecule has 0 saturated heterocycles. The molecule has 0 atom stereocenters. The molecule has 3 rings (SSSR count). The molecule has 0 fully saturated rings. The number of aromatic nitrogens is 3. The van der Waals surface area contributed by atoms with E-state index in [0.29, 0.717) is 18.7 Å². The van der Waals surface area contributed by atoms with E-state index in [1.54, 1.807) is 0 Å². The normalized spacial score (nSPS) is 10.7. The summed E-state index contributed by atoms with van der Waals surface area (Å²) in [6, 6.07) is 17.6. The lowest BCUT2D eigenvalue weighted by Crippen LogP contribution is -2.15. The van der Waals surface area contributed by atoms with Crippen LogP contribution >= 0.6 is 0 Å². The van der Waals surface area contributed by atoms with Gasteiger partial charge >= 0.3 is 0 Å². The van der Waals surface area contributed by atoms with Crippen LogP contribution in [0.15, 0.2) is 54.6 Å². The molecule has 0 saturated carbocycles. The molecule has 0 radical (unpaired) electrons. The summed E-state index contributed by atoms with van der Waals surface area (Å²) in [5.41, 5.74) is 8.95. The van der Waals surface area contributed by atoms with Crippen molar-refractivity contribution in [3.05, 3.63) is 65.7 Å². The predicted octanol–water partition coefficient (Wildman–Crippen LogP) is 3.11. The molecule has 0 amide bonds. The minimum atomic E-state index is -0.155. The van der Waals surface area contributed by atoms with Crippen LogP contribution in [0, 0.1) is 6.92 Å². The quantitative estimate of drug-likeness (QED) is 0.803. The molecule has 2 aromatic carbocycles. The lowest BCUT2D eigenvalue weighted by Gasteiger charge is -2.02. The smallest absolute Gasteiger partial charge is 0.250 e. The number of anilines is 1. The van der Waals surface area contributed by atoms with E-state index in [2.05, 4.69) is 10.1 Å². The fraction of sp³-hybridized carbons (Fsp3) is 0.167. The van der Waals surface area contributed by atoms with Gasteiger partial charge in [-0.25, -0.2) is 0 Å². The summed E-state index contributed by atoms with van der Waals surface area (Å²) in [5, 5.41) is 4.25. The van der Waals surface area contributed by atoms with E-state index < -0.39 is 0 Å². The molecule has 2 N–H and O–H groups in total. The molecule has 0 unspecified atom stereocenters. The molecule has 0 aliphatic rings. The second-order valence-electron chi connectivity index (χ2n) is 5.45. The molecule has 3 aromatic rings. The zero-order chi connectivity index (χ0) is 16.2. The van der Waals surface area contributed by atoms with Crippen LogP contribution in [-0.4, -0.2) is 20.7 Å². The first-order valence-corrected chi connectivity index (χ1v) is 7.50. The number of carbonyl (C=O) groups is 1. The van der Waals surface area contributed by atoms with Crippen molar-refractivity contribution in [1.82, 2.24) is 14.8 Å². The Kier molecular flexibility index (Phi) is 4.19. The number of nitrogen functional groups attached to an aromatic ring is 1. The second-order valence-corrected chi connectivity index (χ2v) is 5.45. The molecule has 1 heterocycles. The van der Waals surface area contributed by atoms with Crippen LogP contribution in [0.25, 0.3) is 11.4 Å². The Labute approximate surface area is 134 Å². The summed E-state index contributed by atoms with van der Waals surface area (Å²) in [6.45, 7) is 2.01. The third kappa shape index (κ3) is 3.45. The van der Waals surface area contributed by atoms with Crippen molar-refractivity contribution >= 4 is 11.9 Å². The van der Waals surface area contributed by atoms with Crippen LogP contribution in [-0.2, 0) is 6.42 Å². The molecule has 0 bridgehead atoms. The lowest BCUT2D eigenvalue weighted by atomic mass is 10.1. The van der Waals surface area contributed by atoms with Crippen molar-refractivity contribution in [2.24, 2.45) is 0 Å². The molecule has 23 heavy (non-hydrogen) atoms. The minimum absolute atomic E-state index is 0.124. The highest BCUT2D eigenvalue weighted by Gasteiger charge is 2.15. The van der Waals surface area contributed by atoms with Gasteiger partial charge in [-0.05, 0) is 18.9 Å². The van der Waals surface area contributed by atoms with E-state index in [-0.39, 0.29) is 11.9 Å². The van der Waals surface area contributed by atoms with Gasteiger partial charge < -0.3 is 5.73 Å². The van der Waals surface area contributed by atoms with E-state index in [1.165, 1.54) is 4.68 Å². The highest BCUT2D eigenvalue weighted by molar-refractivity contribution is 5.81. The van der Waals surface area contributed by atoms with Gasteiger partial charge in [0.1, 0.15) is 0 Å². The van der Waals surface area contributed by atoms with E-state index >= 15 is 0 Å². The largest absolute Gasteiger partial charge is 0.368 e. The summed E-state index contributed by atoms with van der Waals surface area (Å²) in [4.78, 5) is 16.5. The summed E-state index contributed by atoms with van der Waals surface area (Å²) in [7, 11) is 0. The molecule has 0 spiro atoms. The standard InChI is InChI=1S/C18H18N4O/c1-13-7-10-15(11-8-13)17-20-18(19)22(21-17)16(23)12-9-14-5-3-2-4-6-14/h2-8,10-11H,9,12H2,1H3,(H2,19,20,21). The van der Waals surface area contributed by atoms with Crippen LogP contribution < -0.4 is 5.73 Å². The topological polar surface area (TPSA) is 73.8 Å². The van der Waals surface area contributed by atoms with E-state index in [4.69, 9.17) is 5.73 Å². The van der Waals surface area contributed by atoms with E-state index in [9.17, 15) is 4.79 Å². The SMILES string of the molecule is Cc1ccc(-c2nc(N)n(C(=O)CCc3ccccc3)n2)cc1. The Balaban J connectivity index is 1.75. The maximum atomic E-state index is 12.3. The molecule has 5 heteroatoms. The van der Waals surface area contributed by atoms with Gasteiger partial charge in [-0.15, -0.1) is 5.10 Å². The van der Waals surface area contributed by atoms with Crippen LogP contribution in [0.1, 0.15) is 22.3 Å². The highest BCUT2D eigenvalue weighted by atomic mass is 16.2. The zero-order valence-corrected chi connectivity index (χ0v) is 12.9. The molecular weight excluding hydrogens is 288 g/mol. The van der Waals surface area contributed by atoms with E-state index in [0.717, 1.165) is 16.7 Å². The molecular formula is C18H18N4O. The fourth-order valence-corrected chi connectivity index (χ4v) is 2.33. The number of hydrogen-bond donors (Lipinski definition) is 1. The van der Waals surface area contributed by atoms with E-state index in [1.807, 2.05) is 61.5 Å². The van der Waals surface area contributed by atoms with Crippen molar-refractivity contribution < 1.29 is 4.79 Å². The number of nitrogens with two attached hydrogens (primary N) is 1. The van der Waals surface area contributed by atoms with Gasteiger partial charge in [0.15, 0.2) is 5.82 Å². The predicted molar refractivity (Wildman–Crippen MR) is 90.0 cm³/mol. The molecule has 5 nitrogen and oxygen atoms in total. The number of rotatable bonds is 4. The zero-order valence-electron chi connectivity index (χ0n) is 12.9. The van der Waals surface area contributed by atoms with Crippen molar-refractivity contribution in [3.8, 4) is 11.4 Å². The first-order chi connectivity index (χ1) is 11.1. The summed E-state index contributed by atoms with van der Waals surface area (Å²) in [5.74, 6) is 0.436. The summed E-state index contributed by atoms with van der Waals surface area (Å²) in [6.07, 6.45) is 0.990. The Morgan fingerprint density at radius 1 is 1.09 bits per heavy atom. The van der Waals surface area contributed by atoms with Gasteiger partial charge in [0, 0.05) is 12.0 Å². The fourth-order valence-electron chi connectivity index (χ4n) is 2.33. The Bertz CT molecular complexity index is 807. The Morgan fingerprint density at radius 2 is 1.78 bits per heavy atom. The molecule has 0 aliphatic carbocycles. The molecule has 1 aromatic heterocycles. The Morgan fingerprint density at radius 3 is 2.48 bits per heavy atom. The average molecular weight is 306 g/mol. The third-order valence-electron chi connectivity index (χ3n) is 3.65. The van der Waals surface area contributed by atoms with Gasteiger partial charge in [-0.2, -0.15) is 9.67 Å². The third-order valence-corrected chi connectivity index (χ3v) is 3.65. The Hall–Kier alpha value is -2.95. The monoisotopic (exact) mass is 306 g/mol. The number of hydrogen-bond acceptors (Lipinski definition) is 4. The van der Waals surface area contributed by atoms with Crippen LogP contribution in [0.3, 0.4) is 0 Å². The van der Waals surface area contributed by atoms with Gasteiger partial charge in [0.2, 0.25) is 11.9 Å². The van der Waals surface area contributed by atoms with Crippen LogP contribution in [0.5, 0.6) is 0 Å². The lowest BCUT2D eigenvalue weighted by molar-refractivity contribution is 0.0890. The van der Waals surface area contributed by atoms with Crippen LogP contribution in [0.2, 0.25) is 0 Å². The van der Waals surface area contributed by atoms with Crippen molar-refractivity contribution in [3.63, 3.8) is 0 Å². The number of benzene rings is 2. The van der Waals surface area contributed by atoms with Crippen molar-refractivity contribution in [1.29, 1.82) is 0 Å². The summed E-state index contributed by atoms with van der Waals surface area (Å²) >= 11 is 0. The highest BCUT2D eigenvalue weighted by Crippen LogP contribution is 2.17. The van der Waals surface area contributed by atoms with Gasteiger partial charge in [-0.3, -0.25) is 4.79 Å². The second kappa shape index (κ2) is 6.44. The van der Waals surface area contributed by atoms with Gasteiger partial charge in [-0.1, -0.05) is 60.2 Å². The summed E-state index contributed by atoms with van der Waals surface area (Å²) < 4.78 is 1.19. The maximum absolute atomic E-state index is 12.3. The van der Waals surface area contributed by atoms with Gasteiger partial charge in [0.05, 0.1) is 0 Å². The molecule has 0 aliphatic heterocycles. The first kappa shape index (κ1) is 15.0. The average Bonchev–Trinajstić information content (AvgIpc) is 2.96. The number of nitrogens with zero attached hydrogens (tertiary/aromatic N) is 3. The van der Waals surface area contributed by atoms with Gasteiger partial charge in [0.25, 0.3) is 0 Å². The molecule has 116 valence electrons. The van der Waals surface area contributed by atoms with Crippen molar-refractivity contribution in [2.75, 3.05) is 5.73 Å². The number of aryl methyl sites for hydroxylation is 2. The first-order valence-electron chi connectivity index (χ1n) is 7.50. The maximum Gasteiger partial charge on any atom is 0.250 e. The van der Waals surface area contributed by atoms with Crippen LogP contribution in [0.4, 0.5) is 5.95 Å².